The molecule has 0 saturated carbocycles. The molecular weight excluding hydrogens is 384 g/mol. The van der Waals surface area contributed by atoms with Crippen molar-refractivity contribution in [3.63, 3.8) is 0 Å². The molecule has 0 atom stereocenters. The number of hydrogen-bond acceptors (Lipinski definition) is 6. The number of nitrogens with zero attached hydrogens (tertiary/aromatic N) is 1. The highest BCUT2D eigenvalue weighted by molar-refractivity contribution is 7.89. The zero-order chi connectivity index (χ0) is 20.4. The van der Waals surface area contributed by atoms with Gasteiger partial charge in [0, 0.05) is 19.6 Å². The largest absolute Gasteiger partial charge is 0.494 e. The Morgan fingerprint density at radius 1 is 1.07 bits per heavy atom. The highest BCUT2D eigenvalue weighted by atomic mass is 32.2. The molecule has 1 N–H and O–H groups in total. The van der Waals surface area contributed by atoms with Crippen molar-refractivity contribution in [2.75, 3.05) is 32.8 Å². The van der Waals surface area contributed by atoms with E-state index < -0.39 is 16.0 Å². The molecule has 1 aliphatic rings. The van der Waals surface area contributed by atoms with Gasteiger partial charge in [-0.05, 0) is 44.0 Å². The summed E-state index contributed by atoms with van der Waals surface area (Å²) in [4.78, 5) is 25.7. The third-order valence-corrected chi connectivity index (χ3v) is 5.86. The van der Waals surface area contributed by atoms with Gasteiger partial charge in [0.15, 0.2) is 6.61 Å². The minimum Gasteiger partial charge on any atom is -0.494 e. The second-order valence-electron chi connectivity index (χ2n) is 6.51. The van der Waals surface area contributed by atoms with Gasteiger partial charge in [-0.2, -0.15) is 0 Å². The first-order chi connectivity index (χ1) is 13.4. The average molecular weight is 413 g/mol. The maximum atomic E-state index is 12.2. The van der Waals surface area contributed by atoms with Crippen molar-refractivity contribution in [1.29, 1.82) is 0 Å². The molecule has 1 saturated heterocycles. The minimum absolute atomic E-state index is 0.0839. The lowest BCUT2D eigenvalue weighted by molar-refractivity contribution is -0.151. The van der Waals surface area contributed by atoms with Crippen molar-refractivity contribution in [3.05, 3.63) is 24.3 Å². The number of esters is 1. The zero-order valence-electron chi connectivity index (χ0n) is 16.2. The maximum absolute atomic E-state index is 12.2. The van der Waals surface area contributed by atoms with Gasteiger partial charge in [0.25, 0.3) is 5.91 Å². The number of benzene rings is 1. The molecule has 8 nitrogen and oxygen atoms in total. The summed E-state index contributed by atoms with van der Waals surface area (Å²) in [5.74, 6) is -0.234. The monoisotopic (exact) mass is 412 g/mol. The van der Waals surface area contributed by atoms with Crippen LogP contribution in [0.15, 0.2) is 29.2 Å². The Morgan fingerprint density at radius 2 is 1.71 bits per heavy atom. The molecule has 0 aromatic heterocycles. The van der Waals surface area contributed by atoms with Gasteiger partial charge in [-0.25, -0.2) is 13.1 Å². The predicted octanol–water partition coefficient (Wildman–Crippen LogP) is 1.70. The summed E-state index contributed by atoms with van der Waals surface area (Å²) in [6, 6.07) is 6.01. The molecule has 28 heavy (non-hydrogen) atoms. The van der Waals surface area contributed by atoms with Gasteiger partial charge in [0.2, 0.25) is 10.0 Å². The Morgan fingerprint density at radius 3 is 2.32 bits per heavy atom. The van der Waals surface area contributed by atoms with E-state index in [1.165, 1.54) is 12.1 Å². The van der Waals surface area contributed by atoms with E-state index in [0.717, 1.165) is 25.7 Å². The van der Waals surface area contributed by atoms with E-state index in [4.69, 9.17) is 9.47 Å². The standard InChI is InChI=1S/C19H28N2O6S/c1-2-26-16-7-9-17(10-8-16)28(24,25)20-12-11-19(23)27-15-18(22)21-13-5-3-4-6-14-21/h7-10,20H,2-6,11-15H2,1H3. The van der Waals surface area contributed by atoms with Crippen LogP contribution < -0.4 is 9.46 Å². The summed E-state index contributed by atoms with van der Waals surface area (Å²) in [6.07, 6.45) is 4.00. The van der Waals surface area contributed by atoms with Crippen LogP contribution in [-0.2, 0) is 24.3 Å². The summed E-state index contributed by atoms with van der Waals surface area (Å²) >= 11 is 0. The molecule has 0 unspecified atom stereocenters. The van der Waals surface area contributed by atoms with Gasteiger partial charge < -0.3 is 14.4 Å². The van der Waals surface area contributed by atoms with Gasteiger partial charge in [0.1, 0.15) is 5.75 Å². The minimum atomic E-state index is -3.73. The summed E-state index contributed by atoms with van der Waals surface area (Å²) < 4.78 is 37.1. The van der Waals surface area contributed by atoms with Crippen molar-refractivity contribution >= 4 is 21.9 Å². The van der Waals surface area contributed by atoms with Crippen LogP contribution in [-0.4, -0.2) is 58.0 Å². The van der Waals surface area contributed by atoms with Gasteiger partial charge in [-0.1, -0.05) is 12.8 Å². The third kappa shape index (κ3) is 7.12. The number of nitrogens with one attached hydrogen (secondary N) is 1. The van der Waals surface area contributed by atoms with E-state index in [-0.39, 0.29) is 30.4 Å². The lowest BCUT2D eigenvalue weighted by Crippen LogP contribution is -2.35. The molecule has 1 heterocycles. The fourth-order valence-corrected chi connectivity index (χ4v) is 3.91. The number of rotatable bonds is 9. The molecule has 0 bridgehead atoms. The highest BCUT2D eigenvalue weighted by Gasteiger charge is 2.18. The van der Waals surface area contributed by atoms with Crippen LogP contribution in [0.4, 0.5) is 0 Å². The van der Waals surface area contributed by atoms with Crippen LogP contribution in [0.5, 0.6) is 5.75 Å². The third-order valence-electron chi connectivity index (χ3n) is 4.38. The summed E-state index contributed by atoms with van der Waals surface area (Å²) in [7, 11) is -3.73. The maximum Gasteiger partial charge on any atom is 0.307 e. The number of amides is 1. The van der Waals surface area contributed by atoms with Crippen molar-refractivity contribution < 1.29 is 27.5 Å². The van der Waals surface area contributed by atoms with E-state index in [0.29, 0.717) is 25.4 Å². The van der Waals surface area contributed by atoms with Crippen LogP contribution in [0.1, 0.15) is 39.0 Å². The van der Waals surface area contributed by atoms with E-state index >= 15 is 0 Å². The molecule has 0 radical (unpaired) electrons. The molecule has 2 rings (SSSR count). The number of likely N-dealkylation sites (tertiary alicyclic amines) is 1. The van der Waals surface area contributed by atoms with Crippen molar-refractivity contribution in [3.8, 4) is 5.75 Å². The van der Waals surface area contributed by atoms with Crippen molar-refractivity contribution in [2.24, 2.45) is 0 Å². The highest BCUT2D eigenvalue weighted by Crippen LogP contribution is 2.15. The molecule has 156 valence electrons. The first kappa shape index (κ1) is 22.2. The van der Waals surface area contributed by atoms with Crippen LogP contribution in [0.25, 0.3) is 0 Å². The lowest BCUT2D eigenvalue weighted by atomic mass is 10.2. The lowest BCUT2D eigenvalue weighted by Gasteiger charge is -2.19. The van der Waals surface area contributed by atoms with Gasteiger partial charge in [0.05, 0.1) is 17.9 Å². The number of carbonyl (C=O) groups is 2. The Hall–Kier alpha value is -2.13. The molecule has 0 aliphatic carbocycles. The molecule has 1 aliphatic heterocycles. The second kappa shape index (κ2) is 11.0. The zero-order valence-corrected chi connectivity index (χ0v) is 17.0. The van der Waals surface area contributed by atoms with Gasteiger partial charge in [-0.15, -0.1) is 0 Å². The number of ether oxygens (including phenoxy) is 2. The van der Waals surface area contributed by atoms with Crippen LogP contribution in [0, 0.1) is 0 Å². The molecular formula is C19H28N2O6S. The van der Waals surface area contributed by atoms with Crippen LogP contribution >= 0.6 is 0 Å². The smallest absolute Gasteiger partial charge is 0.307 e. The Kier molecular flexibility index (Phi) is 8.72. The number of sulfonamides is 1. The van der Waals surface area contributed by atoms with Gasteiger partial charge in [-0.3, -0.25) is 9.59 Å². The summed E-state index contributed by atoms with van der Waals surface area (Å²) in [6.45, 7) is 3.31. The summed E-state index contributed by atoms with van der Waals surface area (Å²) in [5, 5.41) is 0. The number of carbonyl (C=O) groups excluding carboxylic acids is 2. The van der Waals surface area contributed by atoms with E-state index in [2.05, 4.69) is 4.72 Å². The molecule has 0 spiro atoms. The van der Waals surface area contributed by atoms with Crippen molar-refractivity contribution in [1.82, 2.24) is 9.62 Å². The topological polar surface area (TPSA) is 102 Å². The van der Waals surface area contributed by atoms with E-state index in [9.17, 15) is 18.0 Å². The van der Waals surface area contributed by atoms with E-state index in [1.807, 2.05) is 6.92 Å². The number of hydrogen-bond donors (Lipinski definition) is 1. The quantitative estimate of drug-likeness (QED) is 0.620. The molecule has 1 aromatic rings. The Labute approximate surface area is 166 Å². The second-order valence-corrected chi connectivity index (χ2v) is 8.27. The van der Waals surface area contributed by atoms with Crippen LogP contribution in [0.2, 0.25) is 0 Å². The Balaban J connectivity index is 1.72. The van der Waals surface area contributed by atoms with Crippen LogP contribution in [0.3, 0.4) is 0 Å². The first-order valence-corrected chi connectivity index (χ1v) is 11.1. The molecule has 1 amide bonds. The fraction of sp³-hybridized carbons (Fsp3) is 0.579. The molecule has 1 aromatic carbocycles. The first-order valence-electron chi connectivity index (χ1n) is 9.58. The summed E-state index contributed by atoms with van der Waals surface area (Å²) in [5.41, 5.74) is 0. The Bertz CT molecular complexity index is 740. The van der Waals surface area contributed by atoms with Crippen molar-refractivity contribution in [2.45, 2.75) is 43.9 Å². The molecule has 1 fully saturated rings. The fourth-order valence-electron chi connectivity index (χ4n) is 2.88. The predicted molar refractivity (Wildman–Crippen MR) is 103 cm³/mol. The SMILES string of the molecule is CCOc1ccc(S(=O)(=O)NCCC(=O)OCC(=O)N2CCCCCC2)cc1. The molecule has 9 heteroatoms. The van der Waals surface area contributed by atoms with E-state index in [1.54, 1.807) is 17.0 Å². The normalized spacial score (nSPS) is 15.0. The van der Waals surface area contributed by atoms with Gasteiger partial charge >= 0.3 is 5.97 Å². The average Bonchev–Trinajstić information content (AvgIpc) is 2.96.